The second kappa shape index (κ2) is 6.05. The molecule has 1 rings (SSSR count). The molecule has 0 aromatic heterocycles. The maximum Gasteiger partial charge on any atom is 0.0265 e. The largest absolute Gasteiger partial charge is 0.312 e. The standard InChI is InChI=1S/C13H24BrN/c1-11(2)8-13(6-4-5-7-13)10-15-9-12(3)14/h11,15H,3-10H2,1-2H3. The highest BCUT2D eigenvalue weighted by Gasteiger charge is 2.33. The zero-order chi connectivity index (χ0) is 11.3. The van der Waals surface area contributed by atoms with Gasteiger partial charge >= 0.3 is 0 Å². The van der Waals surface area contributed by atoms with Gasteiger partial charge in [-0.15, -0.1) is 0 Å². The third-order valence-electron chi connectivity index (χ3n) is 3.32. The van der Waals surface area contributed by atoms with E-state index in [4.69, 9.17) is 0 Å². The summed E-state index contributed by atoms with van der Waals surface area (Å²) in [6.45, 7) is 10.6. The Labute approximate surface area is 103 Å². The lowest BCUT2D eigenvalue weighted by Gasteiger charge is -2.31. The van der Waals surface area contributed by atoms with Crippen LogP contribution < -0.4 is 5.32 Å². The molecule has 1 fully saturated rings. The van der Waals surface area contributed by atoms with Crippen molar-refractivity contribution in [1.82, 2.24) is 5.32 Å². The Bertz CT molecular complexity index is 205. The predicted molar refractivity (Wildman–Crippen MR) is 71.3 cm³/mol. The topological polar surface area (TPSA) is 12.0 Å². The van der Waals surface area contributed by atoms with Gasteiger partial charge in [0.05, 0.1) is 0 Å². The number of nitrogens with one attached hydrogen (secondary N) is 1. The van der Waals surface area contributed by atoms with Gasteiger partial charge < -0.3 is 5.32 Å². The van der Waals surface area contributed by atoms with Crippen LogP contribution in [0.3, 0.4) is 0 Å². The van der Waals surface area contributed by atoms with E-state index in [1.165, 1.54) is 32.1 Å². The fraction of sp³-hybridized carbons (Fsp3) is 0.846. The second-order valence-electron chi connectivity index (χ2n) is 5.43. The van der Waals surface area contributed by atoms with Crippen LogP contribution in [-0.2, 0) is 0 Å². The van der Waals surface area contributed by atoms with E-state index in [-0.39, 0.29) is 0 Å². The van der Waals surface area contributed by atoms with Crippen molar-refractivity contribution in [3.05, 3.63) is 11.1 Å². The molecule has 88 valence electrons. The molecule has 0 spiro atoms. The van der Waals surface area contributed by atoms with Crippen molar-refractivity contribution in [2.75, 3.05) is 13.1 Å². The molecule has 0 aromatic carbocycles. The van der Waals surface area contributed by atoms with Gasteiger partial charge in [-0.2, -0.15) is 0 Å². The first-order valence-corrected chi connectivity index (χ1v) is 6.87. The highest BCUT2D eigenvalue weighted by molar-refractivity contribution is 9.11. The van der Waals surface area contributed by atoms with Crippen molar-refractivity contribution >= 4 is 15.9 Å². The Morgan fingerprint density at radius 2 is 2.00 bits per heavy atom. The van der Waals surface area contributed by atoms with Gasteiger partial charge in [0.1, 0.15) is 0 Å². The van der Waals surface area contributed by atoms with Crippen molar-refractivity contribution in [1.29, 1.82) is 0 Å². The van der Waals surface area contributed by atoms with E-state index < -0.39 is 0 Å². The molecule has 1 N–H and O–H groups in total. The summed E-state index contributed by atoms with van der Waals surface area (Å²) >= 11 is 3.40. The summed E-state index contributed by atoms with van der Waals surface area (Å²) in [5.74, 6) is 0.817. The first kappa shape index (κ1) is 13.2. The van der Waals surface area contributed by atoms with Gasteiger partial charge in [0, 0.05) is 17.6 Å². The molecule has 0 heterocycles. The van der Waals surface area contributed by atoms with Crippen LogP contribution >= 0.6 is 15.9 Å². The van der Waals surface area contributed by atoms with E-state index in [1.54, 1.807) is 0 Å². The molecule has 2 heteroatoms. The Balaban J connectivity index is 2.39. The summed E-state index contributed by atoms with van der Waals surface area (Å²) in [5, 5.41) is 3.53. The fourth-order valence-corrected chi connectivity index (χ4v) is 3.11. The minimum Gasteiger partial charge on any atom is -0.312 e. The van der Waals surface area contributed by atoms with Crippen LogP contribution in [0.4, 0.5) is 0 Å². The minimum absolute atomic E-state index is 0.580. The molecule has 0 aromatic rings. The van der Waals surface area contributed by atoms with Crippen LogP contribution in [0.25, 0.3) is 0 Å². The van der Waals surface area contributed by atoms with Crippen LogP contribution in [0, 0.1) is 11.3 Å². The number of hydrogen-bond donors (Lipinski definition) is 1. The second-order valence-corrected chi connectivity index (χ2v) is 6.55. The van der Waals surface area contributed by atoms with Gasteiger partial charge in [0.2, 0.25) is 0 Å². The zero-order valence-corrected chi connectivity index (χ0v) is 11.7. The molecule has 1 aliphatic rings. The molecule has 1 aliphatic carbocycles. The molecule has 0 atom stereocenters. The van der Waals surface area contributed by atoms with E-state index in [2.05, 4.69) is 41.7 Å². The average molecular weight is 274 g/mol. The van der Waals surface area contributed by atoms with Gasteiger partial charge in [-0.1, -0.05) is 49.2 Å². The van der Waals surface area contributed by atoms with Gasteiger partial charge in [-0.3, -0.25) is 0 Å². The summed E-state index contributed by atoms with van der Waals surface area (Å²) in [6.07, 6.45) is 7.03. The Morgan fingerprint density at radius 3 is 2.47 bits per heavy atom. The van der Waals surface area contributed by atoms with Gasteiger partial charge in [-0.05, 0) is 30.6 Å². The smallest absolute Gasteiger partial charge is 0.0265 e. The van der Waals surface area contributed by atoms with Crippen molar-refractivity contribution in [2.24, 2.45) is 11.3 Å². The maximum absolute atomic E-state index is 3.86. The van der Waals surface area contributed by atoms with E-state index in [1.807, 2.05) is 0 Å². The number of rotatable bonds is 6. The molecule has 0 aliphatic heterocycles. The Kier molecular flexibility index (Phi) is 5.34. The Hall–Kier alpha value is 0.180. The van der Waals surface area contributed by atoms with Crippen molar-refractivity contribution in [3.63, 3.8) is 0 Å². The molecule has 15 heavy (non-hydrogen) atoms. The lowest BCUT2D eigenvalue weighted by Crippen LogP contribution is -2.33. The first-order chi connectivity index (χ1) is 7.04. The number of halogens is 1. The highest BCUT2D eigenvalue weighted by Crippen LogP contribution is 2.42. The Morgan fingerprint density at radius 1 is 1.40 bits per heavy atom. The van der Waals surface area contributed by atoms with Crippen LogP contribution in [0.1, 0.15) is 46.0 Å². The summed E-state index contributed by atoms with van der Waals surface area (Å²) in [4.78, 5) is 0. The molecular weight excluding hydrogens is 250 g/mol. The lowest BCUT2D eigenvalue weighted by atomic mass is 9.78. The van der Waals surface area contributed by atoms with E-state index in [0.29, 0.717) is 5.41 Å². The van der Waals surface area contributed by atoms with Gasteiger partial charge in [0.25, 0.3) is 0 Å². The van der Waals surface area contributed by atoms with E-state index in [9.17, 15) is 0 Å². The van der Waals surface area contributed by atoms with E-state index in [0.717, 1.165) is 23.5 Å². The molecule has 0 saturated heterocycles. The summed E-state index contributed by atoms with van der Waals surface area (Å²) < 4.78 is 1.06. The number of hydrogen-bond acceptors (Lipinski definition) is 1. The molecule has 1 saturated carbocycles. The molecule has 1 nitrogen and oxygen atoms in total. The van der Waals surface area contributed by atoms with E-state index >= 15 is 0 Å². The summed E-state index contributed by atoms with van der Waals surface area (Å²) in [7, 11) is 0. The van der Waals surface area contributed by atoms with Crippen LogP contribution in [0.15, 0.2) is 11.1 Å². The summed E-state index contributed by atoms with van der Waals surface area (Å²) in [6, 6.07) is 0. The third-order valence-corrected chi connectivity index (χ3v) is 3.60. The fourth-order valence-electron chi connectivity index (χ4n) is 2.91. The normalized spacial score (nSPS) is 19.7. The summed E-state index contributed by atoms with van der Waals surface area (Å²) in [5.41, 5.74) is 0.580. The predicted octanol–water partition coefficient (Wildman–Crippen LogP) is 4.09. The van der Waals surface area contributed by atoms with Gasteiger partial charge in [-0.25, -0.2) is 0 Å². The first-order valence-electron chi connectivity index (χ1n) is 6.08. The molecule has 0 unspecified atom stereocenters. The third kappa shape index (κ3) is 4.69. The maximum atomic E-state index is 3.86. The van der Waals surface area contributed by atoms with Crippen molar-refractivity contribution in [3.8, 4) is 0 Å². The zero-order valence-electron chi connectivity index (χ0n) is 10.1. The van der Waals surface area contributed by atoms with Gasteiger partial charge in [0.15, 0.2) is 0 Å². The molecule has 0 bridgehead atoms. The SMILES string of the molecule is C=C(Br)CNCC1(CC(C)C)CCCC1. The van der Waals surface area contributed by atoms with Crippen molar-refractivity contribution in [2.45, 2.75) is 46.0 Å². The highest BCUT2D eigenvalue weighted by atomic mass is 79.9. The quantitative estimate of drug-likeness (QED) is 0.769. The lowest BCUT2D eigenvalue weighted by molar-refractivity contribution is 0.227. The van der Waals surface area contributed by atoms with Crippen LogP contribution in [-0.4, -0.2) is 13.1 Å². The average Bonchev–Trinajstić information content (AvgIpc) is 2.51. The minimum atomic E-state index is 0.580. The monoisotopic (exact) mass is 273 g/mol. The molecular formula is C13H24BrN. The van der Waals surface area contributed by atoms with Crippen LogP contribution in [0.2, 0.25) is 0 Å². The molecule has 0 amide bonds. The van der Waals surface area contributed by atoms with Crippen molar-refractivity contribution < 1.29 is 0 Å². The van der Waals surface area contributed by atoms with Crippen LogP contribution in [0.5, 0.6) is 0 Å². The molecule has 0 radical (unpaired) electrons.